The van der Waals surface area contributed by atoms with Crippen molar-refractivity contribution in [3.8, 4) is 0 Å². The van der Waals surface area contributed by atoms with Gasteiger partial charge in [-0.25, -0.2) is 9.18 Å². The molecule has 0 spiro atoms. The standard InChI is InChI=1S/C17H21BrFN3O2/c18-12-5-4-6-14(9-12)20-17(24)22-11-13(19)10-15(22)16(23)21-7-2-1-3-8-21/h4-6,9,13,15H,1-3,7-8,10-11H2,(H,20,24). The van der Waals surface area contributed by atoms with Crippen LogP contribution >= 0.6 is 15.9 Å². The molecule has 2 atom stereocenters. The number of carbonyl (C=O) groups excluding carboxylic acids is 2. The van der Waals surface area contributed by atoms with Crippen LogP contribution in [0.3, 0.4) is 0 Å². The highest BCUT2D eigenvalue weighted by Gasteiger charge is 2.41. The van der Waals surface area contributed by atoms with Crippen molar-refractivity contribution in [3.63, 3.8) is 0 Å². The average Bonchev–Trinajstić information content (AvgIpc) is 2.97. The lowest BCUT2D eigenvalue weighted by molar-refractivity contribution is -0.136. The Morgan fingerprint density at radius 2 is 1.96 bits per heavy atom. The highest BCUT2D eigenvalue weighted by Crippen LogP contribution is 2.25. The van der Waals surface area contributed by atoms with E-state index in [0.717, 1.165) is 23.7 Å². The number of alkyl halides is 1. The highest BCUT2D eigenvalue weighted by atomic mass is 79.9. The number of nitrogens with one attached hydrogen (secondary N) is 1. The van der Waals surface area contributed by atoms with Gasteiger partial charge in [-0.3, -0.25) is 4.79 Å². The number of likely N-dealkylation sites (tertiary alicyclic amines) is 2. The first-order valence-electron chi connectivity index (χ1n) is 8.30. The van der Waals surface area contributed by atoms with Crippen molar-refractivity contribution < 1.29 is 14.0 Å². The van der Waals surface area contributed by atoms with Crippen molar-refractivity contribution in [2.45, 2.75) is 37.9 Å². The van der Waals surface area contributed by atoms with Gasteiger partial charge in [-0.2, -0.15) is 0 Å². The third-order valence-electron chi connectivity index (χ3n) is 4.54. The number of anilines is 1. The lowest BCUT2D eigenvalue weighted by Gasteiger charge is -2.32. The van der Waals surface area contributed by atoms with Crippen LogP contribution in [0.2, 0.25) is 0 Å². The summed E-state index contributed by atoms with van der Waals surface area (Å²) in [6, 6.07) is 6.05. The first-order valence-corrected chi connectivity index (χ1v) is 9.10. The number of piperidine rings is 1. The van der Waals surface area contributed by atoms with Crippen molar-refractivity contribution in [1.29, 1.82) is 0 Å². The van der Waals surface area contributed by atoms with Crippen LogP contribution in [0, 0.1) is 0 Å². The van der Waals surface area contributed by atoms with E-state index < -0.39 is 18.2 Å². The fraction of sp³-hybridized carbons (Fsp3) is 0.529. The molecule has 0 bridgehead atoms. The predicted molar refractivity (Wildman–Crippen MR) is 93.6 cm³/mol. The molecule has 0 saturated carbocycles. The molecule has 5 nitrogen and oxygen atoms in total. The number of benzene rings is 1. The van der Waals surface area contributed by atoms with E-state index >= 15 is 0 Å². The molecule has 0 aromatic heterocycles. The molecule has 0 aliphatic carbocycles. The molecule has 1 N–H and O–H groups in total. The molecule has 2 aliphatic heterocycles. The lowest BCUT2D eigenvalue weighted by Crippen LogP contribution is -2.50. The van der Waals surface area contributed by atoms with Gasteiger partial charge in [-0.15, -0.1) is 0 Å². The fourth-order valence-electron chi connectivity index (χ4n) is 3.33. The van der Waals surface area contributed by atoms with Gasteiger partial charge in [0.25, 0.3) is 0 Å². The molecular formula is C17H21BrFN3O2. The highest BCUT2D eigenvalue weighted by molar-refractivity contribution is 9.10. The zero-order valence-corrected chi connectivity index (χ0v) is 15.0. The summed E-state index contributed by atoms with van der Waals surface area (Å²) >= 11 is 3.35. The third-order valence-corrected chi connectivity index (χ3v) is 5.03. The molecule has 7 heteroatoms. The van der Waals surface area contributed by atoms with Crippen LogP contribution in [0.1, 0.15) is 25.7 Å². The van der Waals surface area contributed by atoms with Crippen LogP contribution in [0.15, 0.2) is 28.7 Å². The van der Waals surface area contributed by atoms with Gasteiger partial charge in [0.05, 0.1) is 6.54 Å². The quantitative estimate of drug-likeness (QED) is 0.830. The van der Waals surface area contributed by atoms with E-state index in [0.29, 0.717) is 18.8 Å². The summed E-state index contributed by atoms with van der Waals surface area (Å²) in [6.45, 7) is 1.37. The zero-order valence-electron chi connectivity index (χ0n) is 13.4. The summed E-state index contributed by atoms with van der Waals surface area (Å²) in [5.74, 6) is -0.126. The molecular weight excluding hydrogens is 377 g/mol. The number of nitrogens with zero attached hydrogens (tertiary/aromatic N) is 2. The maximum Gasteiger partial charge on any atom is 0.322 e. The minimum Gasteiger partial charge on any atom is -0.341 e. The van der Waals surface area contributed by atoms with Gasteiger partial charge < -0.3 is 15.1 Å². The average molecular weight is 398 g/mol. The van der Waals surface area contributed by atoms with Crippen LogP contribution in [-0.4, -0.2) is 53.6 Å². The Hall–Kier alpha value is -1.63. The summed E-state index contributed by atoms with van der Waals surface area (Å²) in [5, 5.41) is 2.75. The number of amides is 3. The second kappa shape index (κ2) is 7.51. The van der Waals surface area contributed by atoms with Crippen molar-refractivity contribution in [2.75, 3.05) is 25.0 Å². The monoisotopic (exact) mass is 397 g/mol. The van der Waals surface area contributed by atoms with Crippen LogP contribution < -0.4 is 5.32 Å². The molecule has 0 radical (unpaired) electrons. The lowest BCUT2D eigenvalue weighted by atomic mass is 10.1. The Bertz CT molecular complexity index is 622. The Morgan fingerprint density at radius 3 is 2.67 bits per heavy atom. The van der Waals surface area contributed by atoms with Gasteiger partial charge in [0.15, 0.2) is 0 Å². The molecule has 2 aliphatic rings. The molecule has 3 rings (SSSR count). The van der Waals surface area contributed by atoms with Gasteiger partial charge in [0.2, 0.25) is 5.91 Å². The van der Waals surface area contributed by atoms with Gasteiger partial charge in [-0.05, 0) is 37.5 Å². The minimum atomic E-state index is -1.16. The van der Waals surface area contributed by atoms with Crippen molar-refractivity contribution in [1.82, 2.24) is 9.80 Å². The topological polar surface area (TPSA) is 52.7 Å². The van der Waals surface area contributed by atoms with E-state index in [4.69, 9.17) is 0 Å². The summed E-state index contributed by atoms with van der Waals surface area (Å²) in [5.41, 5.74) is 0.612. The number of halogens is 2. The second-order valence-corrected chi connectivity index (χ2v) is 7.24. The Kier molecular flexibility index (Phi) is 5.38. The number of urea groups is 1. The van der Waals surface area contributed by atoms with E-state index in [9.17, 15) is 14.0 Å². The van der Waals surface area contributed by atoms with Crippen molar-refractivity contribution in [3.05, 3.63) is 28.7 Å². The van der Waals surface area contributed by atoms with E-state index in [2.05, 4.69) is 21.2 Å². The van der Waals surface area contributed by atoms with E-state index in [1.165, 1.54) is 4.90 Å². The van der Waals surface area contributed by atoms with Crippen molar-refractivity contribution in [2.24, 2.45) is 0 Å². The fourth-order valence-corrected chi connectivity index (χ4v) is 3.73. The summed E-state index contributed by atoms with van der Waals surface area (Å²) in [6.07, 6.45) is 2.00. The Balaban J connectivity index is 1.69. The number of carbonyl (C=O) groups is 2. The first-order chi connectivity index (χ1) is 11.5. The van der Waals surface area contributed by atoms with E-state index in [-0.39, 0.29) is 18.9 Å². The van der Waals surface area contributed by atoms with Gasteiger partial charge in [0.1, 0.15) is 12.2 Å². The third kappa shape index (κ3) is 3.88. The molecule has 3 amide bonds. The molecule has 1 aromatic carbocycles. The maximum absolute atomic E-state index is 13.9. The molecule has 2 fully saturated rings. The first kappa shape index (κ1) is 17.2. The molecule has 2 unspecified atom stereocenters. The van der Waals surface area contributed by atoms with Crippen molar-refractivity contribution >= 4 is 33.6 Å². The van der Waals surface area contributed by atoms with Crippen LogP contribution in [0.25, 0.3) is 0 Å². The molecule has 1 aromatic rings. The van der Waals surface area contributed by atoms with E-state index in [1.807, 2.05) is 6.07 Å². The number of hydrogen-bond acceptors (Lipinski definition) is 2. The van der Waals surface area contributed by atoms with Gasteiger partial charge >= 0.3 is 6.03 Å². The predicted octanol–water partition coefficient (Wildman–Crippen LogP) is 3.41. The van der Waals surface area contributed by atoms with Crippen LogP contribution in [0.5, 0.6) is 0 Å². The summed E-state index contributed by atoms with van der Waals surface area (Å²) in [4.78, 5) is 28.3. The zero-order chi connectivity index (χ0) is 17.1. The largest absolute Gasteiger partial charge is 0.341 e. The van der Waals surface area contributed by atoms with Gasteiger partial charge in [-0.1, -0.05) is 22.0 Å². The van der Waals surface area contributed by atoms with Gasteiger partial charge in [0, 0.05) is 29.7 Å². The second-order valence-electron chi connectivity index (χ2n) is 6.33. The Labute approximate surface area is 149 Å². The van der Waals surface area contributed by atoms with E-state index in [1.54, 1.807) is 23.1 Å². The maximum atomic E-state index is 13.9. The Morgan fingerprint density at radius 1 is 1.21 bits per heavy atom. The molecule has 24 heavy (non-hydrogen) atoms. The molecule has 2 saturated heterocycles. The smallest absolute Gasteiger partial charge is 0.322 e. The summed E-state index contributed by atoms with van der Waals surface area (Å²) < 4.78 is 14.8. The SMILES string of the molecule is O=C(C1CC(F)CN1C(=O)Nc1cccc(Br)c1)N1CCCCC1. The van der Waals surface area contributed by atoms with Crippen LogP contribution in [-0.2, 0) is 4.79 Å². The molecule has 2 heterocycles. The summed E-state index contributed by atoms with van der Waals surface area (Å²) in [7, 11) is 0. The minimum absolute atomic E-state index is 0.0376. The number of hydrogen-bond donors (Lipinski definition) is 1. The van der Waals surface area contributed by atoms with Crippen LogP contribution in [0.4, 0.5) is 14.9 Å². The molecule has 130 valence electrons. The normalized spacial score (nSPS) is 24.1. The number of rotatable bonds is 2.